The van der Waals surface area contributed by atoms with Gasteiger partial charge in [-0.25, -0.2) is 9.97 Å². The van der Waals surface area contributed by atoms with E-state index in [1.54, 1.807) is 19.4 Å². The molecule has 3 rings (SSSR count). The summed E-state index contributed by atoms with van der Waals surface area (Å²) in [5.41, 5.74) is 2.46. The molecule has 0 aliphatic rings. The van der Waals surface area contributed by atoms with Crippen LogP contribution >= 0.6 is 0 Å². The van der Waals surface area contributed by atoms with E-state index in [1.807, 2.05) is 42.5 Å². The molecule has 6 heteroatoms. The van der Waals surface area contributed by atoms with Crippen LogP contribution in [0.25, 0.3) is 0 Å². The highest BCUT2D eigenvalue weighted by atomic mass is 16.5. The van der Waals surface area contributed by atoms with Gasteiger partial charge in [0.05, 0.1) is 7.11 Å². The van der Waals surface area contributed by atoms with Gasteiger partial charge in [-0.15, -0.1) is 0 Å². The van der Waals surface area contributed by atoms with Crippen molar-refractivity contribution in [1.82, 2.24) is 15.3 Å². The van der Waals surface area contributed by atoms with E-state index in [4.69, 9.17) is 4.74 Å². The van der Waals surface area contributed by atoms with Crippen LogP contribution in [0.4, 0.5) is 5.95 Å². The third-order valence-electron chi connectivity index (χ3n) is 4.06. The van der Waals surface area contributed by atoms with Gasteiger partial charge < -0.3 is 15.4 Å². The summed E-state index contributed by atoms with van der Waals surface area (Å²) < 4.78 is 5.30. The number of ether oxygens (including phenoxy) is 1. The Bertz CT molecular complexity index is 884. The van der Waals surface area contributed by atoms with E-state index in [-0.39, 0.29) is 5.91 Å². The van der Waals surface area contributed by atoms with Crippen molar-refractivity contribution < 1.29 is 9.53 Å². The molecule has 0 atom stereocenters. The van der Waals surface area contributed by atoms with Gasteiger partial charge in [0.25, 0.3) is 5.91 Å². The van der Waals surface area contributed by atoms with Crippen molar-refractivity contribution in [2.45, 2.75) is 13.0 Å². The maximum Gasteiger partial charge on any atom is 0.270 e. The van der Waals surface area contributed by atoms with Gasteiger partial charge in [-0.1, -0.05) is 48.5 Å². The van der Waals surface area contributed by atoms with Gasteiger partial charge in [-0.2, -0.15) is 0 Å². The Labute approximate surface area is 158 Å². The molecule has 138 valence electrons. The standard InChI is InChI=1S/C21H22N4O2/c1-27-19-10-6-5-9-17(19)15-24-20(26)18-12-14-23-21(25-18)22-13-11-16-7-3-2-4-8-16/h2-10,12,14H,11,13,15H2,1H3,(H,24,26)(H,22,23,25). The molecule has 2 aromatic carbocycles. The number of aromatic nitrogens is 2. The summed E-state index contributed by atoms with van der Waals surface area (Å²) in [6, 6.07) is 19.3. The second-order valence-corrected chi connectivity index (χ2v) is 5.92. The van der Waals surface area contributed by atoms with Gasteiger partial charge in [0, 0.05) is 24.8 Å². The lowest BCUT2D eigenvalue weighted by Crippen LogP contribution is -2.24. The number of nitrogens with zero attached hydrogens (tertiary/aromatic N) is 2. The van der Waals surface area contributed by atoms with Crippen LogP contribution in [0.15, 0.2) is 66.9 Å². The van der Waals surface area contributed by atoms with Crippen LogP contribution in [0.3, 0.4) is 0 Å². The van der Waals surface area contributed by atoms with E-state index in [9.17, 15) is 4.79 Å². The number of carbonyl (C=O) groups excluding carboxylic acids is 1. The molecule has 0 saturated heterocycles. The van der Waals surface area contributed by atoms with Gasteiger partial charge in [-0.3, -0.25) is 4.79 Å². The molecule has 0 bridgehead atoms. The highest BCUT2D eigenvalue weighted by molar-refractivity contribution is 5.92. The molecule has 1 amide bonds. The Hall–Kier alpha value is -3.41. The number of hydrogen-bond acceptors (Lipinski definition) is 5. The number of nitrogens with one attached hydrogen (secondary N) is 2. The number of hydrogen-bond donors (Lipinski definition) is 2. The minimum atomic E-state index is -0.255. The maximum absolute atomic E-state index is 12.4. The molecule has 27 heavy (non-hydrogen) atoms. The van der Waals surface area contributed by atoms with Crippen molar-refractivity contribution >= 4 is 11.9 Å². The molecule has 0 spiro atoms. The van der Waals surface area contributed by atoms with E-state index in [0.717, 1.165) is 17.7 Å². The lowest BCUT2D eigenvalue weighted by atomic mass is 10.1. The number of amides is 1. The Kier molecular flexibility index (Phi) is 6.35. The van der Waals surface area contributed by atoms with Crippen LogP contribution in [-0.4, -0.2) is 29.5 Å². The molecule has 0 radical (unpaired) electrons. The zero-order chi connectivity index (χ0) is 18.9. The zero-order valence-electron chi connectivity index (χ0n) is 15.2. The number of rotatable bonds is 8. The quantitative estimate of drug-likeness (QED) is 0.644. The molecule has 1 heterocycles. The minimum absolute atomic E-state index is 0.255. The molecule has 0 saturated carbocycles. The zero-order valence-corrected chi connectivity index (χ0v) is 15.2. The van der Waals surface area contributed by atoms with Crippen molar-refractivity contribution in [3.8, 4) is 5.75 Å². The molecule has 6 nitrogen and oxygen atoms in total. The Morgan fingerprint density at radius 2 is 1.81 bits per heavy atom. The third kappa shape index (κ3) is 5.28. The van der Waals surface area contributed by atoms with Crippen molar-refractivity contribution in [2.75, 3.05) is 19.0 Å². The Morgan fingerprint density at radius 3 is 2.63 bits per heavy atom. The first-order chi connectivity index (χ1) is 13.3. The number of benzene rings is 2. The predicted molar refractivity (Wildman–Crippen MR) is 105 cm³/mol. The normalized spacial score (nSPS) is 10.3. The summed E-state index contributed by atoms with van der Waals surface area (Å²) >= 11 is 0. The molecular formula is C21H22N4O2. The molecule has 0 aliphatic heterocycles. The van der Waals surface area contributed by atoms with Crippen molar-refractivity contribution in [3.63, 3.8) is 0 Å². The van der Waals surface area contributed by atoms with E-state index < -0.39 is 0 Å². The second-order valence-electron chi connectivity index (χ2n) is 5.92. The molecule has 0 unspecified atom stereocenters. The summed E-state index contributed by atoms with van der Waals surface area (Å²) in [4.78, 5) is 20.9. The van der Waals surface area contributed by atoms with Crippen LogP contribution in [0.1, 0.15) is 21.6 Å². The van der Waals surface area contributed by atoms with Crippen molar-refractivity contribution in [2.24, 2.45) is 0 Å². The largest absolute Gasteiger partial charge is 0.496 e. The lowest BCUT2D eigenvalue weighted by molar-refractivity contribution is 0.0945. The minimum Gasteiger partial charge on any atom is -0.496 e. The van der Waals surface area contributed by atoms with Gasteiger partial charge in [0.1, 0.15) is 11.4 Å². The van der Waals surface area contributed by atoms with E-state index in [2.05, 4.69) is 32.7 Å². The van der Waals surface area contributed by atoms with Crippen LogP contribution in [0.5, 0.6) is 5.75 Å². The Balaban J connectivity index is 1.55. The first-order valence-corrected chi connectivity index (χ1v) is 8.77. The van der Waals surface area contributed by atoms with E-state index >= 15 is 0 Å². The molecule has 0 aliphatic carbocycles. The smallest absolute Gasteiger partial charge is 0.270 e. The van der Waals surface area contributed by atoms with Gasteiger partial charge in [-0.05, 0) is 24.1 Å². The first kappa shape index (κ1) is 18.4. The van der Waals surface area contributed by atoms with Crippen LogP contribution in [0, 0.1) is 0 Å². The fourth-order valence-corrected chi connectivity index (χ4v) is 2.65. The Morgan fingerprint density at radius 1 is 1.04 bits per heavy atom. The summed E-state index contributed by atoms with van der Waals surface area (Å²) in [5, 5.41) is 6.02. The monoisotopic (exact) mass is 362 g/mol. The van der Waals surface area contributed by atoms with Gasteiger partial charge in [0.15, 0.2) is 0 Å². The number of carbonyl (C=O) groups is 1. The summed E-state index contributed by atoms with van der Waals surface area (Å²) in [7, 11) is 1.61. The van der Waals surface area contributed by atoms with E-state index in [1.165, 1.54) is 5.56 Å². The fraction of sp³-hybridized carbons (Fsp3) is 0.190. The number of anilines is 1. The molecular weight excluding hydrogens is 340 g/mol. The van der Waals surface area contributed by atoms with Crippen LogP contribution in [0.2, 0.25) is 0 Å². The van der Waals surface area contributed by atoms with Crippen LogP contribution < -0.4 is 15.4 Å². The highest BCUT2D eigenvalue weighted by Gasteiger charge is 2.10. The van der Waals surface area contributed by atoms with Gasteiger partial charge in [0.2, 0.25) is 5.95 Å². The van der Waals surface area contributed by atoms with Crippen molar-refractivity contribution in [3.05, 3.63) is 83.7 Å². The summed E-state index contributed by atoms with van der Waals surface area (Å²) in [6.45, 7) is 1.06. The van der Waals surface area contributed by atoms with Crippen LogP contribution in [-0.2, 0) is 13.0 Å². The number of methoxy groups -OCH3 is 1. The SMILES string of the molecule is COc1ccccc1CNC(=O)c1ccnc(NCCc2ccccc2)n1. The second kappa shape index (κ2) is 9.33. The topological polar surface area (TPSA) is 76.1 Å². The highest BCUT2D eigenvalue weighted by Crippen LogP contribution is 2.16. The third-order valence-corrected chi connectivity index (χ3v) is 4.06. The molecule has 3 aromatic rings. The summed E-state index contributed by atoms with van der Waals surface area (Å²) in [6.07, 6.45) is 2.43. The van der Waals surface area contributed by atoms with Gasteiger partial charge >= 0.3 is 0 Å². The predicted octanol–water partition coefficient (Wildman–Crippen LogP) is 3.07. The van der Waals surface area contributed by atoms with E-state index in [0.29, 0.717) is 24.7 Å². The van der Waals surface area contributed by atoms with Crippen molar-refractivity contribution in [1.29, 1.82) is 0 Å². The molecule has 1 aromatic heterocycles. The average molecular weight is 362 g/mol. The molecule has 0 fully saturated rings. The average Bonchev–Trinajstić information content (AvgIpc) is 2.73. The maximum atomic E-state index is 12.4. The summed E-state index contributed by atoms with van der Waals surface area (Å²) in [5.74, 6) is 0.925. The molecule has 2 N–H and O–H groups in total. The first-order valence-electron chi connectivity index (χ1n) is 8.77. The fourth-order valence-electron chi connectivity index (χ4n) is 2.65. The number of para-hydroxylation sites is 1. The lowest BCUT2D eigenvalue weighted by Gasteiger charge is -2.10.